The number of halogens is 2. The second kappa shape index (κ2) is 4.45. The molecule has 1 aromatic heterocycles. The second-order valence-corrected chi connectivity index (χ2v) is 3.43. The Morgan fingerprint density at radius 3 is 2.06 bits per heavy atom. The van der Waals surface area contributed by atoms with E-state index in [1.54, 1.807) is 6.07 Å². The molecule has 0 aliphatic heterocycles. The maximum Gasteiger partial charge on any atom is 0.263 e. The van der Waals surface area contributed by atoms with Crippen LogP contribution in [0.1, 0.15) is 29.2 Å². The molecule has 2 aromatic rings. The van der Waals surface area contributed by atoms with Gasteiger partial charge in [0.2, 0.25) is 0 Å². The van der Waals surface area contributed by atoms with Crippen molar-refractivity contribution >= 4 is 0 Å². The van der Waals surface area contributed by atoms with Crippen molar-refractivity contribution in [3.63, 3.8) is 0 Å². The summed E-state index contributed by atoms with van der Waals surface area (Å²) in [5, 5.41) is 9.86. The van der Waals surface area contributed by atoms with E-state index in [0.717, 1.165) is 0 Å². The first-order valence-electron chi connectivity index (χ1n) is 4.76. The number of hydrogen-bond donors (Lipinski definition) is 1. The molecule has 0 saturated carbocycles. The van der Waals surface area contributed by atoms with Crippen molar-refractivity contribution in [2.75, 3.05) is 0 Å². The molecule has 0 spiro atoms. The molecule has 1 atom stereocenters. The highest BCUT2D eigenvalue weighted by Crippen LogP contribution is 2.25. The molecular formula is C12H10F2O2. The van der Waals surface area contributed by atoms with E-state index in [-0.39, 0.29) is 5.56 Å². The summed E-state index contributed by atoms with van der Waals surface area (Å²) in [6, 6.07) is 7.22. The van der Waals surface area contributed by atoms with Gasteiger partial charge in [-0.1, -0.05) is 24.3 Å². The Bertz CT molecular complexity index is 435. The van der Waals surface area contributed by atoms with Crippen LogP contribution in [-0.4, -0.2) is 5.11 Å². The van der Waals surface area contributed by atoms with Gasteiger partial charge >= 0.3 is 0 Å². The molecule has 0 saturated heterocycles. The molecular weight excluding hydrogens is 214 g/mol. The molecule has 0 aliphatic carbocycles. The first-order valence-corrected chi connectivity index (χ1v) is 4.76. The van der Waals surface area contributed by atoms with E-state index < -0.39 is 12.5 Å². The van der Waals surface area contributed by atoms with Gasteiger partial charge in [-0.25, -0.2) is 8.78 Å². The molecule has 4 heteroatoms. The van der Waals surface area contributed by atoms with E-state index in [1.165, 1.54) is 36.8 Å². The Kier molecular flexibility index (Phi) is 3.01. The van der Waals surface area contributed by atoms with Crippen molar-refractivity contribution in [3.8, 4) is 0 Å². The average Bonchev–Trinajstić information content (AvgIpc) is 2.81. The molecule has 1 N–H and O–H groups in total. The lowest BCUT2D eigenvalue weighted by atomic mass is 10.0. The van der Waals surface area contributed by atoms with Gasteiger partial charge < -0.3 is 9.52 Å². The normalized spacial score (nSPS) is 13.0. The molecule has 0 amide bonds. The molecule has 2 rings (SSSR count). The van der Waals surface area contributed by atoms with Crippen LogP contribution < -0.4 is 0 Å². The Labute approximate surface area is 91.1 Å². The smallest absolute Gasteiger partial charge is 0.263 e. The van der Waals surface area contributed by atoms with E-state index in [9.17, 15) is 13.9 Å². The van der Waals surface area contributed by atoms with Gasteiger partial charge in [0.15, 0.2) is 0 Å². The number of aliphatic hydroxyl groups excluding tert-OH is 1. The lowest BCUT2D eigenvalue weighted by Gasteiger charge is -2.09. The zero-order valence-electron chi connectivity index (χ0n) is 8.31. The number of benzene rings is 1. The highest BCUT2D eigenvalue weighted by Gasteiger charge is 2.13. The number of furan rings is 1. The fraction of sp³-hybridized carbons (Fsp3) is 0.167. The van der Waals surface area contributed by atoms with Crippen LogP contribution in [0.25, 0.3) is 0 Å². The first-order chi connectivity index (χ1) is 7.68. The fourth-order valence-electron chi connectivity index (χ4n) is 1.45. The van der Waals surface area contributed by atoms with Crippen molar-refractivity contribution in [3.05, 3.63) is 59.5 Å². The van der Waals surface area contributed by atoms with Crippen LogP contribution in [0, 0.1) is 0 Å². The van der Waals surface area contributed by atoms with Gasteiger partial charge in [0.05, 0.1) is 12.5 Å². The highest BCUT2D eigenvalue weighted by molar-refractivity contribution is 5.30. The Balaban J connectivity index is 2.22. The maximum atomic E-state index is 12.3. The van der Waals surface area contributed by atoms with Crippen LogP contribution in [0.15, 0.2) is 47.3 Å². The quantitative estimate of drug-likeness (QED) is 0.867. The molecule has 1 heterocycles. The van der Waals surface area contributed by atoms with Crippen LogP contribution in [0.4, 0.5) is 8.78 Å². The summed E-state index contributed by atoms with van der Waals surface area (Å²) in [4.78, 5) is 0. The van der Waals surface area contributed by atoms with Gasteiger partial charge in [-0.05, 0) is 11.6 Å². The minimum atomic E-state index is -2.49. The van der Waals surface area contributed by atoms with Crippen molar-refractivity contribution in [1.82, 2.24) is 0 Å². The van der Waals surface area contributed by atoms with Crippen LogP contribution in [0.5, 0.6) is 0 Å². The van der Waals surface area contributed by atoms with Crippen LogP contribution in [0.3, 0.4) is 0 Å². The van der Waals surface area contributed by atoms with Crippen molar-refractivity contribution in [1.29, 1.82) is 0 Å². The summed E-state index contributed by atoms with van der Waals surface area (Å²) in [5.74, 6) is 0. The molecule has 0 bridgehead atoms. The third kappa shape index (κ3) is 2.12. The number of hydrogen-bond acceptors (Lipinski definition) is 2. The van der Waals surface area contributed by atoms with Crippen molar-refractivity contribution in [2.24, 2.45) is 0 Å². The Morgan fingerprint density at radius 1 is 0.938 bits per heavy atom. The number of rotatable bonds is 3. The largest absolute Gasteiger partial charge is 0.472 e. The van der Waals surface area contributed by atoms with Gasteiger partial charge in [-0.15, -0.1) is 0 Å². The standard InChI is InChI=1S/C12H10F2O2/c13-12(14)9-3-1-8(2-4-9)11(15)10-5-6-16-7-10/h1-7,11-12,15H. The number of aliphatic hydroxyl groups is 1. The van der Waals surface area contributed by atoms with E-state index in [2.05, 4.69) is 0 Å². The summed E-state index contributed by atoms with van der Waals surface area (Å²) in [5.41, 5.74) is 1.11. The molecule has 0 fully saturated rings. The van der Waals surface area contributed by atoms with Gasteiger partial charge in [0.1, 0.15) is 6.10 Å². The zero-order valence-corrected chi connectivity index (χ0v) is 8.31. The minimum absolute atomic E-state index is 0.0526. The zero-order chi connectivity index (χ0) is 11.5. The van der Waals surface area contributed by atoms with Gasteiger partial charge in [-0.2, -0.15) is 0 Å². The van der Waals surface area contributed by atoms with Crippen molar-refractivity contribution < 1.29 is 18.3 Å². The van der Waals surface area contributed by atoms with Crippen LogP contribution in [-0.2, 0) is 0 Å². The predicted octanol–water partition coefficient (Wildman–Crippen LogP) is 3.30. The van der Waals surface area contributed by atoms with Crippen molar-refractivity contribution in [2.45, 2.75) is 12.5 Å². The second-order valence-electron chi connectivity index (χ2n) is 3.43. The highest BCUT2D eigenvalue weighted by atomic mass is 19.3. The third-order valence-corrected chi connectivity index (χ3v) is 2.36. The first kappa shape index (κ1) is 10.8. The SMILES string of the molecule is OC(c1ccc(C(F)F)cc1)c1ccoc1. The molecule has 1 aromatic carbocycles. The van der Waals surface area contributed by atoms with E-state index in [0.29, 0.717) is 11.1 Å². The van der Waals surface area contributed by atoms with E-state index in [4.69, 9.17) is 4.42 Å². The van der Waals surface area contributed by atoms with E-state index >= 15 is 0 Å². The Morgan fingerprint density at radius 2 is 1.56 bits per heavy atom. The predicted molar refractivity (Wildman–Crippen MR) is 54.2 cm³/mol. The summed E-state index contributed by atoms with van der Waals surface area (Å²) < 4.78 is 29.4. The summed E-state index contributed by atoms with van der Waals surface area (Å²) in [6.07, 6.45) is -0.455. The molecule has 0 radical (unpaired) electrons. The molecule has 0 aliphatic rings. The summed E-state index contributed by atoms with van der Waals surface area (Å²) in [7, 11) is 0. The van der Waals surface area contributed by atoms with E-state index in [1.807, 2.05) is 0 Å². The minimum Gasteiger partial charge on any atom is -0.472 e. The van der Waals surface area contributed by atoms with Crippen LogP contribution in [0.2, 0.25) is 0 Å². The topological polar surface area (TPSA) is 33.4 Å². The molecule has 84 valence electrons. The van der Waals surface area contributed by atoms with Gasteiger partial charge in [0.25, 0.3) is 6.43 Å². The third-order valence-electron chi connectivity index (χ3n) is 2.36. The Hall–Kier alpha value is -1.68. The lowest BCUT2D eigenvalue weighted by molar-refractivity contribution is 0.151. The summed E-state index contributed by atoms with van der Waals surface area (Å²) >= 11 is 0. The maximum absolute atomic E-state index is 12.3. The summed E-state index contributed by atoms with van der Waals surface area (Å²) in [6.45, 7) is 0. The fourth-order valence-corrected chi connectivity index (χ4v) is 1.45. The van der Waals surface area contributed by atoms with Crippen LogP contribution >= 0.6 is 0 Å². The monoisotopic (exact) mass is 224 g/mol. The average molecular weight is 224 g/mol. The van der Waals surface area contributed by atoms with Gasteiger partial charge in [0, 0.05) is 11.1 Å². The lowest BCUT2D eigenvalue weighted by Crippen LogP contribution is -1.98. The molecule has 16 heavy (non-hydrogen) atoms. The number of alkyl halides is 2. The van der Waals surface area contributed by atoms with Gasteiger partial charge in [-0.3, -0.25) is 0 Å². The molecule has 2 nitrogen and oxygen atoms in total. The molecule has 1 unspecified atom stereocenters.